The second-order valence-electron chi connectivity index (χ2n) is 5.92. The number of nitrogens with one attached hydrogen (secondary N) is 3. The minimum Gasteiger partial charge on any atom is -0.507 e. The Bertz CT molecular complexity index is 779. The van der Waals surface area contributed by atoms with Gasteiger partial charge >= 0.3 is 6.03 Å². The first-order valence-corrected chi connectivity index (χ1v) is 8.34. The highest BCUT2D eigenvalue weighted by molar-refractivity contribution is 6.30. The van der Waals surface area contributed by atoms with Crippen LogP contribution in [0.4, 0.5) is 16.2 Å². The molecule has 0 aromatic heterocycles. The van der Waals surface area contributed by atoms with Crippen molar-refractivity contribution in [2.75, 3.05) is 23.3 Å². The fourth-order valence-electron chi connectivity index (χ4n) is 2.85. The maximum Gasteiger partial charge on any atom is 0.319 e. The van der Waals surface area contributed by atoms with Gasteiger partial charge in [0.05, 0.1) is 0 Å². The van der Waals surface area contributed by atoms with E-state index >= 15 is 0 Å². The summed E-state index contributed by atoms with van der Waals surface area (Å²) in [5, 5.41) is 23.5. The van der Waals surface area contributed by atoms with E-state index in [1.165, 1.54) is 0 Å². The third-order valence-electron chi connectivity index (χ3n) is 4.16. The summed E-state index contributed by atoms with van der Waals surface area (Å²) in [5.41, 5.74) is 2.05. The third kappa shape index (κ3) is 4.22. The molecule has 1 saturated heterocycles. The van der Waals surface area contributed by atoms with Gasteiger partial charge in [0.15, 0.2) is 0 Å². The molecule has 4 N–H and O–H groups in total. The van der Waals surface area contributed by atoms with Gasteiger partial charge in [-0.1, -0.05) is 11.6 Å². The number of hydrogen-bond donors (Lipinski definition) is 4. The van der Waals surface area contributed by atoms with Crippen molar-refractivity contribution in [2.24, 2.45) is 0 Å². The topological polar surface area (TPSA) is 88.5 Å². The van der Waals surface area contributed by atoms with Crippen LogP contribution in [0.3, 0.4) is 0 Å². The number of urea groups is 1. The first-order chi connectivity index (χ1) is 12.0. The Morgan fingerprint density at radius 3 is 2.72 bits per heavy atom. The zero-order chi connectivity index (χ0) is 17.8. The highest BCUT2D eigenvalue weighted by Crippen LogP contribution is 2.26. The zero-order valence-corrected chi connectivity index (χ0v) is 14.3. The van der Waals surface area contributed by atoms with Gasteiger partial charge in [0.1, 0.15) is 5.75 Å². The highest BCUT2D eigenvalue weighted by Gasteiger charge is 2.24. The number of halogens is 1. The predicted molar refractivity (Wildman–Crippen MR) is 100 cm³/mol. The summed E-state index contributed by atoms with van der Waals surface area (Å²) < 4.78 is 0. The SMILES string of the molecule is N=Cc1ccc(N2CC[C@@H](NC(=O)Nc3ccc(Cl)cc3)C2)cc1O. The highest BCUT2D eigenvalue weighted by atomic mass is 35.5. The molecule has 130 valence electrons. The fraction of sp³-hybridized carbons (Fsp3) is 0.222. The predicted octanol–water partition coefficient (Wildman–Crippen LogP) is 3.44. The van der Waals surface area contributed by atoms with Crippen LogP contribution in [0.15, 0.2) is 42.5 Å². The summed E-state index contributed by atoms with van der Waals surface area (Å²) >= 11 is 5.83. The average Bonchev–Trinajstić information content (AvgIpc) is 3.05. The van der Waals surface area contributed by atoms with Crippen LogP contribution in [0, 0.1) is 5.41 Å². The Morgan fingerprint density at radius 2 is 2.04 bits per heavy atom. The van der Waals surface area contributed by atoms with Crippen molar-refractivity contribution in [3.63, 3.8) is 0 Å². The van der Waals surface area contributed by atoms with Gasteiger partial charge in [0, 0.05) is 53.4 Å². The van der Waals surface area contributed by atoms with Crippen LogP contribution in [-0.4, -0.2) is 36.5 Å². The lowest BCUT2D eigenvalue weighted by Gasteiger charge is -2.20. The standard InChI is InChI=1S/C18H19ClN4O2/c19-13-2-4-14(5-3-13)21-18(25)22-15-7-8-23(11-15)16-6-1-12(10-20)17(24)9-16/h1-6,9-10,15,20,24H,7-8,11H2,(H2,21,22,25)/t15-/m1/s1. The van der Waals surface area contributed by atoms with E-state index in [4.69, 9.17) is 17.0 Å². The molecule has 1 aliphatic heterocycles. The number of hydrogen-bond acceptors (Lipinski definition) is 4. The minimum absolute atomic E-state index is 0.0249. The molecule has 25 heavy (non-hydrogen) atoms. The maximum atomic E-state index is 12.1. The molecule has 0 saturated carbocycles. The van der Waals surface area contributed by atoms with Gasteiger partial charge in [-0.05, 0) is 42.8 Å². The molecule has 1 heterocycles. The molecule has 0 unspecified atom stereocenters. The van der Waals surface area contributed by atoms with Gasteiger partial charge in [-0.25, -0.2) is 4.79 Å². The number of nitrogens with zero attached hydrogens (tertiary/aromatic N) is 1. The van der Waals surface area contributed by atoms with E-state index in [1.54, 1.807) is 36.4 Å². The van der Waals surface area contributed by atoms with Crippen LogP contribution in [0.1, 0.15) is 12.0 Å². The molecular weight excluding hydrogens is 340 g/mol. The van der Waals surface area contributed by atoms with E-state index in [0.717, 1.165) is 24.9 Å². The number of amides is 2. The summed E-state index contributed by atoms with van der Waals surface area (Å²) in [5.74, 6) is 0.0874. The Kier molecular flexibility index (Phi) is 5.09. The van der Waals surface area contributed by atoms with Crippen molar-refractivity contribution in [1.82, 2.24) is 5.32 Å². The second kappa shape index (κ2) is 7.44. The lowest BCUT2D eigenvalue weighted by molar-refractivity contribution is 0.249. The van der Waals surface area contributed by atoms with Crippen LogP contribution >= 0.6 is 11.6 Å². The van der Waals surface area contributed by atoms with Crippen molar-refractivity contribution in [3.8, 4) is 5.75 Å². The Balaban J connectivity index is 1.55. The van der Waals surface area contributed by atoms with Crippen LogP contribution < -0.4 is 15.5 Å². The molecule has 0 spiro atoms. The molecule has 0 bridgehead atoms. The largest absolute Gasteiger partial charge is 0.507 e. The first-order valence-electron chi connectivity index (χ1n) is 7.96. The van der Waals surface area contributed by atoms with Crippen molar-refractivity contribution >= 4 is 35.2 Å². The van der Waals surface area contributed by atoms with Gasteiger partial charge in [-0.15, -0.1) is 0 Å². The number of carbonyl (C=O) groups is 1. The fourth-order valence-corrected chi connectivity index (χ4v) is 2.98. The molecule has 1 aliphatic rings. The monoisotopic (exact) mass is 358 g/mol. The van der Waals surface area contributed by atoms with Crippen molar-refractivity contribution in [3.05, 3.63) is 53.1 Å². The van der Waals surface area contributed by atoms with E-state index in [0.29, 0.717) is 22.8 Å². The second-order valence-corrected chi connectivity index (χ2v) is 6.36. The Hall–Kier alpha value is -2.73. The van der Waals surface area contributed by atoms with Crippen LogP contribution in [0.5, 0.6) is 5.75 Å². The molecule has 2 amide bonds. The minimum atomic E-state index is -0.254. The molecule has 2 aromatic carbocycles. The number of anilines is 2. The van der Waals surface area contributed by atoms with Gasteiger partial charge in [-0.3, -0.25) is 0 Å². The maximum absolute atomic E-state index is 12.1. The van der Waals surface area contributed by atoms with Crippen molar-refractivity contribution in [1.29, 1.82) is 5.41 Å². The van der Waals surface area contributed by atoms with Crippen molar-refractivity contribution < 1.29 is 9.90 Å². The molecule has 2 aromatic rings. The van der Waals surface area contributed by atoms with Crippen molar-refractivity contribution in [2.45, 2.75) is 12.5 Å². The van der Waals surface area contributed by atoms with Crippen LogP contribution in [-0.2, 0) is 0 Å². The van der Waals surface area contributed by atoms with E-state index < -0.39 is 0 Å². The summed E-state index contributed by atoms with van der Waals surface area (Å²) in [6, 6.07) is 11.9. The Morgan fingerprint density at radius 1 is 1.28 bits per heavy atom. The van der Waals surface area contributed by atoms with Gasteiger partial charge in [-0.2, -0.15) is 0 Å². The molecular formula is C18H19ClN4O2. The lowest BCUT2D eigenvalue weighted by Crippen LogP contribution is -2.39. The summed E-state index contributed by atoms with van der Waals surface area (Å²) in [6.07, 6.45) is 1.94. The number of aromatic hydroxyl groups is 1. The molecule has 1 atom stereocenters. The number of rotatable bonds is 4. The normalized spacial score (nSPS) is 16.5. The van der Waals surface area contributed by atoms with E-state index in [2.05, 4.69) is 15.5 Å². The number of carbonyl (C=O) groups excluding carboxylic acids is 1. The van der Waals surface area contributed by atoms with E-state index in [-0.39, 0.29) is 17.8 Å². The smallest absolute Gasteiger partial charge is 0.319 e. The Labute approximate surface area is 150 Å². The first kappa shape index (κ1) is 17.1. The summed E-state index contributed by atoms with van der Waals surface area (Å²) in [6.45, 7) is 1.45. The zero-order valence-electron chi connectivity index (χ0n) is 13.5. The van der Waals surface area contributed by atoms with Crippen LogP contribution in [0.2, 0.25) is 5.02 Å². The number of phenols is 1. The molecule has 3 rings (SSSR count). The van der Waals surface area contributed by atoms with Gasteiger partial charge in [0.2, 0.25) is 0 Å². The van der Waals surface area contributed by atoms with E-state index in [9.17, 15) is 9.90 Å². The van der Waals surface area contributed by atoms with Crippen LogP contribution in [0.25, 0.3) is 0 Å². The summed E-state index contributed by atoms with van der Waals surface area (Å²) in [7, 11) is 0. The van der Waals surface area contributed by atoms with Gasteiger partial charge < -0.3 is 26.0 Å². The van der Waals surface area contributed by atoms with E-state index in [1.807, 2.05) is 6.07 Å². The lowest BCUT2D eigenvalue weighted by atomic mass is 10.2. The number of benzene rings is 2. The quantitative estimate of drug-likeness (QED) is 0.631. The molecule has 1 fully saturated rings. The molecule has 0 aliphatic carbocycles. The molecule has 0 radical (unpaired) electrons. The third-order valence-corrected chi connectivity index (χ3v) is 4.41. The van der Waals surface area contributed by atoms with Gasteiger partial charge in [0.25, 0.3) is 0 Å². The summed E-state index contributed by atoms with van der Waals surface area (Å²) in [4.78, 5) is 14.2. The number of phenolic OH excluding ortho intramolecular Hbond substituents is 1. The molecule has 7 heteroatoms. The average molecular weight is 359 g/mol. The molecule has 6 nitrogen and oxygen atoms in total.